The van der Waals surface area contributed by atoms with E-state index in [0.717, 1.165) is 5.69 Å². The van der Waals surface area contributed by atoms with Crippen molar-refractivity contribution >= 4 is 17.5 Å². The second-order valence-corrected chi connectivity index (χ2v) is 6.04. The highest BCUT2D eigenvalue weighted by molar-refractivity contribution is 6.30. The summed E-state index contributed by atoms with van der Waals surface area (Å²) in [5.41, 5.74) is 1.92. The highest BCUT2D eigenvalue weighted by atomic mass is 35.5. The van der Waals surface area contributed by atoms with Crippen molar-refractivity contribution in [3.63, 3.8) is 0 Å². The molecule has 0 saturated carbocycles. The summed E-state index contributed by atoms with van der Waals surface area (Å²) in [4.78, 5) is 12.4. The normalized spacial score (nSPS) is 20.7. The molecule has 1 N–H and O–H groups in total. The van der Waals surface area contributed by atoms with Gasteiger partial charge in [-0.25, -0.2) is 4.39 Å². The van der Waals surface area contributed by atoms with Gasteiger partial charge in [-0.1, -0.05) is 17.7 Å². The Morgan fingerprint density at radius 3 is 2.91 bits per heavy atom. The molecule has 1 fully saturated rings. The fourth-order valence-corrected chi connectivity index (χ4v) is 2.94. The Kier molecular flexibility index (Phi) is 4.37. The maximum absolute atomic E-state index is 13.7. The van der Waals surface area contributed by atoms with E-state index in [-0.39, 0.29) is 23.1 Å². The van der Waals surface area contributed by atoms with Crippen LogP contribution in [-0.2, 0) is 11.8 Å². The Morgan fingerprint density at radius 1 is 1.48 bits per heavy atom. The molecular formula is C16H17ClFN3O2. The van der Waals surface area contributed by atoms with Crippen LogP contribution in [0, 0.1) is 12.7 Å². The van der Waals surface area contributed by atoms with E-state index in [0.29, 0.717) is 24.3 Å². The van der Waals surface area contributed by atoms with Gasteiger partial charge in [0.05, 0.1) is 16.8 Å². The van der Waals surface area contributed by atoms with Crippen molar-refractivity contribution in [2.45, 2.75) is 25.5 Å². The molecule has 122 valence electrons. The van der Waals surface area contributed by atoms with E-state index in [2.05, 4.69) is 10.4 Å². The van der Waals surface area contributed by atoms with Gasteiger partial charge in [-0.2, -0.15) is 5.10 Å². The summed E-state index contributed by atoms with van der Waals surface area (Å²) in [6.45, 7) is 2.33. The van der Waals surface area contributed by atoms with Crippen LogP contribution in [-0.4, -0.2) is 28.3 Å². The summed E-state index contributed by atoms with van der Waals surface area (Å²) in [6.07, 6.45) is 0.275. The summed E-state index contributed by atoms with van der Waals surface area (Å²) in [5, 5.41) is 7.18. The first-order valence-corrected chi connectivity index (χ1v) is 7.71. The molecule has 0 bridgehead atoms. The number of benzene rings is 1. The Labute approximate surface area is 138 Å². The first-order chi connectivity index (χ1) is 11.0. The molecule has 1 aromatic carbocycles. The third-order valence-electron chi connectivity index (χ3n) is 3.92. The number of aromatic nitrogens is 2. The SMILES string of the molecule is Cc1cc(C(=O)N[C@@H]2CCO[C@@H]2c2ccc(Cl)c(F)c2)n(C)n1. The molecule has 7 heteroatoms. The van der Waals surface area contributed by atoms with Gasteiger partial charge in [0.25, 0.3) is 5.91 Å². The van der Waals surface area contributed by atoms with Crippen LogP contribution in [0.2, 0.25) is 5.02 Å². The van der Waals surface area contributed by atoms with E-state index in [1.165, 1.54) is 16.8 Å². The summed E-state index contributed by atoms with van der Waals surface area (Å²) >= 11 is 5.71. The van der Waals surface area contributed by atoms with Gasteiger partial charge in [-0.15, -0.1) is 0 Å². The number of carbonyl (C=O) groups is 1. The molecule has 2 aromatic rings. The number of ether oxygens (including phenoxy) is 1. The van der Waals surface area contributed by atoms with Crippen LogP contribution in [0.5, 0.6) is 0 Å². The third kappa shape index (κ3) is 3.23. The van der Waals surface area contributed by atoms with Crippen LogP contribution in [0.4, 0.5) is 4.39 Å². The topological polar surface area (TPSA) is 56.1 Å². The maximum Gasteiger partial charge on any atom is 0.269 e. The molecule has 1 amide bonds. The summed E-state index contributed by atoms with van der Waals surface area (Å²) in [5.74, 6) is -0.713. The predicted molar refractivity (Wildman–Crippen MR) is 83.9 cm³/mol. The number of hydrogen-bond acceptors (Lipinski definition) is 3. The number of rotatable bonds is 3. The van der Waals surface area contributed by atoms with E-state index < -0.39 is 5.82 Å². The summed E-state index contributed by atoms with van der Waals surface area (Å²) < 4.78 is 20.9. The lowest BCUT2D eigenvalue weighted by molar-refractivity contribution is 0.0814. The summed E-state index contributed by atoms with van der Waals surface area (Å²) in [7, 11) is 1.72. The largest absolute Gasteiger partial charge is 0.371 e. The molecule has 23 heavy (non-hydrogen) atoms. The third-order valence-corrected chi connectivity index (χ3v) is 4.22. The monoisotopic (exact) mass is 337 g/mol. The van der Waals surface area contributed by atoms with Crippen molar-refractivity contribution < 1.29 is 13.9 Å². The molecule has 1 aliphatic rings. The lowest BCUT2D eigenvalue weighted by Gasteiger charge is -2.20. The molecule has 0 aliphatic carbocycles. The summed E-state index contributed by atoms with van der Waals surface area (Å²) in [6, 6.07) is 6.07. The molecule has 0 unspecified atom stereocenters. The molecule has 0 spiro atoms. The maximum atomic E-state index is 13.7. The number of nitrogens with zero attached hydrogens (tertiary/aromatic N) is 2. The van der Waals surface area contributed by atoms with E-state index in [9.17, 15) is 9.18 Å². The molecular weight excluding hydrogens is 321 g/mol. The lowest BCUT2D eigenvalue weighted by atomic mass is 10.0. The minimum Gasteiger partial charge on any atom is -0.371 e. The zero-order chi connectivity index (χ0) is 16.6. The average molecular weight is 338 g/mol. The van der Waals surface area contributed by atoms with Crippen LogP contribution in [0.3, 0.4) is 0 Å². The van der Waals surface area contributed by atoms with Gasteiger partial charge < -0.3 is 10.1 Å². The Balaban J connectivity index is 1.77. The van der Waals surface area contributed by atoms with Gasteiger partial charge in [0.2, 0.25) is 0 Å². The van der Waals surface area contributed by atoms with Crippen molar-refractivity contribution in [3.05, 3.63) is 52.1 Å². The number of aryl methyl sites for hydroxylation is 2. The quantitative estimate of drug-likeness (QED) is 0.937. The molecule has 1 aromatic heterocycles. The fraction of sp³-hybridized carbons (Fsp3) is 0.375. The highest BCUT2D eigenvalue weighted by Gasteiger charge is 2.32. The Morgan fingerprint density at radius 2 is 2.26 bits per heavy atom. The Bertz CT molecular complexity index is 747. The van der Waals surface area contributed by atoms with Crippen molar-refractivity contribution in [2.75, 3.05) is 6.61 Å². The lowest BCUT2D eigenvalue weighted by Crippen LogP contribution is -2.37. The first kappa shape index (κ1) is 16.0. The average Bonchev–Trinajstić information content (AvgIpc) is 3.08. The molecule has 0 radical (unpaired) electrons. The first-order valence-electron chi connectivity index (χ1n) is 7.34. The van der Waals surface area contributed by atoms with Gasteiger partial charge in [0.1, 0.15) is 17.6 Å². The van der Waals surface area contributed by atoms with Crippen molar-refractivity contribution in [2.24, 2.45) is 7.05 Å². The van der Waals surface area contributed by atoms with Gasteiger partial charge in [-0.3, -0.25) is 9.48 Å². The van der Waals surface area contributed by atoms with Crippen molar-refractivity contribution in [1.29, 1.82) is 0 Å². The number of amides is 1. The van der Waals surface area contributed by atoms with E-state index >= 15 is 0 Å². The van der Waals surface area contributed by atoms with E-state index in [1.807, 2.05) is 6.92 Å². The zero-order valence-electron chi connectivity index (χ0n) is 12.8. The fourth-order valence-electron chi connectivity index (χ4n) is 2.82. The van der Waals surface area contributed by atoms with Gasteiger partial charge in [-0.05, 0) is 37.1 Å². The second-order valence-electron chi connectivity index (χ2n) is 5.63. The molecule has 5 nitrogen and oxygen atoms in total. The Hall–Kier alpha value is -1.92. The molecule has 3 rings (SSSR count). The number of nitrogens with one attached hydrogen (secondary N) is 1. The number of carbonyl (C=O) groups excluding carboxylic acids is 1. The predicted octanol–water partition coefficient (Wildman–Crippen LogP) is 2.78. The van der Waals surface area contributed by atoms with Gasteiger partial charge in [0.15, 0.2) is 0 Å². The molecule has 2 heterocycles. The van der Waals surface area contributed by atoms with Crippen LogP contribution in [0.25, 0.3) is 0 Å². The van der Waals surface area contributed by atoms with E-state index in [1.54, 1.807) is 19.2 Å². The minimum atomic E-state index is -0.494. The van der Waals surface area contributed by atoms with Crippen molar-refractivity contribution in [1.82, 2.24) is 15.1 Å². The molecule has 2 atom stereocenters. The standard InChI is InChI=1S/C16H17ClFN3O2/c1-9-7-14(21(2)20-9)16(22)19-13-5-6-23-15(13)10-3-4-11(17)12(18)8-10/h3-4,7-8,13,15H,5-6H2,1-2H3,(H,19,22)/t13-,15-/m1/s1. The number of hydrogen-bond donors (Lipinski definition) is 1. The van der Waals surface area contributed by atoms with E-state index in [4.69, 9.17) is 16.3 Å². The van der Waals surface area contributed by atoms with Gasteiger partial charge in [0, 0.05) is 13.7 Å². The highest BCUT2D eigenvalue weighted by Crippen LogP contribution is 2.31. The second kappa shape index (κ2) is 6.29. The van der Waals surface area contributed by atoms with Crippen LogP contribution < -0.4 is 5.32 Å². The molecule has 1 saturated heterocycles. The van der Waals surface area contributed by atoms with Crippen LogP contribution in [0.1, 0.15) is 34.3 Å². The number of halogens is 2. The zero-order valence-corrected chi connectivity index (χ0v) is 13.6. The van der Waals surface area contributed by atoms with Crippen LogP contribution >= 0.6 is 11.6 Å². The molecule has 1 aliphatic heterocycles. The minimum absolute atomic E-state index is 0.0673. The van der Waals surface area contributed by atoms with Crippen LogP contribution in [0.15, 0.2) is 24.3 Å². The van der Waals surface area contributed by atoms with Gasteiger partial charge >= 0.3 is 0 Å². The smallest absolute Gasteiger partial charge is 0.269 e. The van der Waals surface area contributed by atoms with Crippen molar-refractivity contribution in [3.8, 4) is 0 Å².